The van der Waals surface area contributed by atoms with Crippen LogP contribution in [0.25, 0.3) is 0 Å². The number of nitrogens with one attached hydrogen (secondary N) is 1. The maximum atomic E-state index is 12.0. The Labute approximate surface area is 119 Å². The molecule has 2 aliphatic heterocycles. The van der Waals surface area contributed by atoms with Crippen LogP contribution in [-0.4, -0.2) is 59.9 Å². The van der Waals surface area contributed by atoms with Gasteiger partial charge >= 0.3 is 0 Å². The average Bonchev–Trinajstić information content (AvgIpc) is 3.06. The van der Waals surface area contributed by atoms with Crippen molar-refractivity contribution < 1.29 is 9.59 Å². The van der Waals surface area contributed by atoms with Gasteiger partial charge in [0.05, 0.1) is 19.2 Å². The molecule has 2 atom stereocenters. The molecule has 0 aromatic rings. The van der Waals surface area contributed by atoms with Crippen LogP contribution in [-0.2, 0) is 9.59 Å². The SMILES string of the molecule is C[C@H]1CCCN1C(=O)CNCC(=O)N1CCC[C@H]1C#N. The van der Waals surface area contributed by atoms with Crippen molar-refractivity contribution in [2.75, 3.05) is 26.2 Å². The van der Waals surface area contributed by atoms with Gasteiger partial charge in [0.2, 0.25) is 11.8 Å². The van der Waals surface area contributed by atoms with Gasteiger partial charge in [-0.3, -0.25) is 14.9 Å². The summed E-state index contributed by atoms with van der Waals surface area (Å²) in [7, 11) is 0. The molecule has 0 aromatic carbocycles. The molecular weight excluding hydrogens is 256 g/mol. The normalized spacial score (nSPS) is 25.8. The van der Waals surface area contributed by atoms with Gasteiger partial charge in [0, 0.05) is 19.1 Å². The molecule has 6 nitrogen and oxygen atoms in total. The monoisotopic (exact) mass is 278 g/mol. The summed E-state index contributed by atoms with van der Waals surface area (Å²) in [6.45, 7) is 3.85. The van der Waals surface area contributed by atoms with Crippen molar-refractivity contribution in [2.24, 2.45) is 0 Å². The number of likely N-dealkylation sites (tertiary alicyclic amines) is 2. The van der Waals surface area contributed by atoms with Crippen molar-refractivity contribution >= 4 is 11.8 Å². The first-order valence-electron chi connectivity index (χ1n) is 7.32. The molecule has 0 spiro atoms. The molecule has 2 rings (SSSR count). The molecular formula is C14H22N4O2. The lowest BCUT2D eigenvalue weighted by Crippen LogP contribution is -2.44. The number of hydrogen-bond donors (Lipinski definition) is 1. The number of nitriles is 1. The summed E-state index contributed by atoms with van der Waals surface area (Å²) < 4.78 is 0. The molecule has 0 radical (unpaired) electrons. The van der Waals surface area contributed by atoms with Crippen molar-refractivity contribution in [3.8, 4) is 6.07 Å². The fourth-order valence-corrected chi connectivity index (χ4v) is 2.98. The highest BCUT2D eigenvalue weighted by molar-refractivity contribution is 5.82. The van der Waals surface area contributed by atoms with E-state index in [0.29, 0.717) is 12.6 Å². The molecule has 2 amide bonds. The summed E-state index contributed by atoms with van der Waals surface area (Å²) in [5.74, 6) is -0.0302. The minimum absolute atomic E-state index is 0.0565. The summed E-state index contributed by atoms with van der Waals surface area (Å²) >= 11 is 0. The maximum absolute atomic E-state index is 12.0. The van der Waals surface area contributed by atoms with Gasteiger partial charge in [0.25, 0.3) is 0 Å². The van der Waals surface area contributed by atoms with Crippen LogP contribution in [0.15, 0.2) is 0 Å². The summed E-state index contributed by atoms with van der Waals surface area (Å²) in [6.07, 6.45) is 3.76. The van der Waals surface area contributed by atoms with Crippen LogP contribution in [0.4, 0.5) is 0 Å². The zero-order valence-electron chi connectivity index (χ0n) is 12.0. The first-order chi connectivity index (χ1) is 9.63. The lowest BCUT2D eigenvalue weighted by atomic mass is 10.2. The topological polar surface area (TPSA) is 76.4 Å². The number of amides is 2. The van der Waals surface area contributed by atoms with Gasteiger partial charge in [0.1, 0.15) is 6.04 Å². The summed E-state index contributed by atoms with van der Waals surface area (Å²) in [4.78, 5) is 27.4. The third-order valence-corrected chi connectivity index (χ3v) is 4.15. The largest absolute Gasteiger partial charge is 0.339 e. The van der Waals surface area contributed by atoms with Crippen LogP contribution >= 0.6 is 0 Å². The molecule has 2 saturated heterocycles. The fraction of sp³-hybridized carbons (Fsp3) is 0.786. The molecule has 2 heterocycles. The molecule has 2 aliphatic rings. The molecule has 1 N–H and O–H groups in total. The molecule has 2 fully saturated rings. The first-order valence-corrected chi connectivity index (χ1v) is 7.32. The molecule has 6 heteroatoms. The highest BCUT2D eigenvalue weighted by Crippen LogP contribution is 2.17. The Morgan fingerprint density at radius 3 is 2.35 bits per heavy atom. The van der Waals surface area contributed by atoms with Crippen LogP contribution in [0, 0.1) is 11.3 Å². The van der Waals surface area contributed by atoms with Gasteiger partial charge in [0.15, 0.2) is 0 Å². The number of carbonyl (C=O) groups excluding carboxylic acids is 2. The number of rotatable bonds is 4. The average molecular weight is 278 g/mol. The van der Waals surface area contributed by atoms with Crippen molar-refractivity contribution in [1.82, 2.24) is 15.1 Å². The summed E-state index contributed by atoms with van der Waals surface area (Å²) in [6, 6.07) is 2.16. The Morgan fingerprint density at radius 2 is 1.75 bits per heavy atom. The molecule has 110 valence electrons. The Bertz CT molecular complexity index is 418. The number of nitrogens with zero attached hydrogens (tertiary/aromatic N) is 3. The lowest BCUT2D eigenvalue weighted by molar-refractivity contribution is -0.131. The van der Waals surface area contributed by atoms with Crippen LogP contribution in [0.5, 0.6) is 0 Å². The van der Waals surface area contributed by atoms with Gasteiger partial charge in [-0.15, -0.1) is 0 Å². The Balaban J connectivity index is 1.71. The van der Waals surface area contributed by atoms with Gasteiger partial charge in [-0.2, -0.15) is 5.26 Å². The zero-order valence-corrected chi connectivity index (χ0v) is 12.0. The Hall–Kier alpha value is -1.61. The third-order valence-electron chi connectivity index (χ3n) is 4.15. The first kappa shape index (κ1) is 14.8. The Morgan fingerprint density at radius 1 is 1.15 bits per heavy atom. The predicted molar refractivity (Wildman–Crippen MR) is 73.6 cm³/mol. The van der Waals surface area contributed by atoms with E-state index in [1.165, 1.54) is 0 Å². The molecule has 0 aliphatic carbocycles. The zero-order chi connectivity index (χ0) is 14.5. The van der Waals surface area contributed by atoms with E-state index in [1.54, 1.807) is 4.90 Å². The van der Waals surface area contributed by atoms with Crippen LogP contribution in [0.2, 0.25) is 0 Å². The maximum Gasteiger partial charge on any atom is 0.237 e. The van der Waals surface area contributed by atoms with E-state index in [4.69, 9.17) is 5.26 Å². The lowest BCUT2D eigenvalue weighted by Gasteiger charge is -2.22. The van der Waals surface area contributed by atoms with E-state index in [9.17, 15) is 9.59 Å². The van der Waals surface area contributed by atoms with Crippen molar-refractivity contribution in [2.45, 2.75) is 44.7 Å². The van der Waals surface area contributed by atoms with E-state index in [-0.39, 0.29) is 30.9 Å². The van der Waals surface area contributed by atoms with Crippen LogP contribution in [0.1, 0.15) is 32.6 Å². The number of hydrogen-bond acceptors (Lipinski definition) is 4. The molecule has 0 unspecified atom stereocenters. The second-order valence-electron chi connectivity index (χ2n) is 5.56. The smallest absolute Gasteiger partial charge is 0.237 e. The predicted octanol–water partition coefficient (Wildman–Crippen LogP) is 0.101. The van der Waals surface area contributed by atoms with Crippen LogP contribution in [0.3, 0.4) is 0 Å². The highest BCUT2D eigenvalue weighted by atomic mass is 16.2. The van der Waals surface area contributed by atoms with Crippen molar-refractivity contribution in [3.05, 3.63) is 0 Å². The standard InChI is InChI=1S/C14H22N4O2/c1-11-4-2-6-17(11)13(19)9-16-10-14(20)18-7-3-5-12(18)8-15/h11-12,16H,2-7,9-10H2,1H3/t11-,12-/m0/s1. The molecule has 0 saturated carbocycles. The summed E-state index contributed by atoms with van der Waals surface area (Å²) in [5.41, 5.74) is 0. The van der Waals surface area contributed by atoms with Crippen molar-refractivity contribution in [1.29, 1.82) is 5.26 Å². The summed E-state index contributed by atoms with van der Waals surface area (Å²) in [5, 5.41) is 11.9. The third kappa shape index (κ3) is 3.28. The second-order valence-corrected chi connectivity index (χ2v) is 5.56. The second kappa shape index (κ2) is 6.71. The molecule has 0 bridgehead atoms. The van der Waals surface area contributed by atoms with Gasteiger partial charge in [-0.25, -0.2) is 0 Å². The quantitative estimate of drug-likeness (QED) is 0.791. The van der Waals surface area contributed by atoms with Gasteiger partial charge < -0.3 is 9.80 Å². The number of carbonyl (C=O) groups is 2. The fourth-order valence-electron chi connectivity index (χ4n) is 2.98. The van der Waals surface area contributed by atoms with E-state index >= 15 is 0 Å². The van der Waals surface area contributed by atoms with Gasteiger partial charge in [-0.05, 0) is 32.6 Å². The Kier molecular flexibility index (Phi) is 4.96. The minimum Gasteiger partial charge on any atom is -0.339 e. The molecule has 0 aromatic heterocycles. The van der Waals surface area contributed by atoms with E-state index < -0.39 is 0 Å². The highest BCUT2D eigenvalue weighted by Gasteiger charge is 2.28. The minimum atomic E-state index is -0.293. The van der Waals surface area contributed by atoms with Gasteiger partial charge in [-0.1, -0.05) is 0 Å². The van der Waals surface area contributed by atoms with E-state index in [0.717, 1.165) is 32.2 Å². The van der Waals surface area contributed by atoms with Crippen molar-refractivity contribution in [3.63, 3.8) is 0 Å². The molecule has 20 heavy (non-hydrogen) atoms. The van der Waals surface area contributed by atoms with E-state index in [1.807, 2.05) is 4.90 Å². The van der Waals surface area contributed by atoms with Crippen LogP contribution < -0.4 is 5.32 Å². The van der Waals surface area contributed by atoms with E-state index in [2.05, 4.69) is 18.3 Å².